The summed E-state index contributed by atoms with van der Waals surface area (Å²) in [6.45, 7) is 5.26. The number of hydrogen-bond acceptors (Lipinski definition) is 4. The fourth-order valence-electron chi connectivity index (χ4n) is 2.14. The number of nitrogens with zero attached hydrogens (tertiary/aromatic N) is 2. The van der Waals surface area contributed by atoms with Crippen LogP contribution in [0.15, 0.2) is 53.7 Å². The van der Waals surface area contributed by atoms with Gasteiger partial charge in [-0.15, -0.1) is 0 Å². The van der Waals surface area contributed by atoms with Crippen molar-refractivity contribution < 1.29 is 9.47 Å². The summed E-state index contributed by atoms with van der Waals surface area (Å²) in [5.41, 5.74) is 2.06. The van der Waals surface area contributed by atoms with Crippen molar-refractivity contribution in [2.45, 2.75) is 20.1 Å². The second-order valence-corrected chi connectivity index (χ2v) is 5.30. The van der Waals surface area contributed by atoms with Gasteiger partial charge in [-0.05, 0) is 36.8 Å². The highest BCUT2D eigenvalue weighted by Gasteiger charge is 2.00. The van der Waals surface area contributed by atoms with Crippen molar-refractivity contribution in [1.82, 2.24) is 15.6 Å². The van der Waals surface area contributed by atoms with E-state index in [0.29, 0.717) is 19.8 Å². The Hall–Kier alpha value is -2.60. The van der Waals surface area contributed by atoms with Gasteiger partial charge in [0.05, 0.1) is 12.3 Å². The van der Waals surface area contributed by atoms with E-state index in [4.69, 9.17) is 9.47 Å². The molecule has 0 unspecified atom stereocenters. The van der Waals surface area contributed by atoms with Crippen molar-refractivity contribution in [1.29, 1.82) is 0 Å². The van der Waals surface area contributed by atoms with E-state index in [1.54, 1.807) is 13.2 Å². The third-order valence-corrected chi connectivity index (χ3v) is 3.46. The highest BCUT2D eigenvalue weighted by molar-refractivity contribution is 5.79. The van der Waals surface area contributed by atoms with Crippen LogP contribution in [-0.4, -0.2) is 37.7 Å². The maximum atomic E-state index is 5.74. The van der Waals surface area contributed by atoms with Gasteiger partial charge in [0.2, 0.25) is 0 Å². The zero-order valence-corrected chi connectivity index (χ0v) is 14.9. The summed E-state index contributed by atoms with van der Waals surface area (Å²) in [7, 11) is 1.75. The second kappa shape index (κ2) is 11.0. The third kappa shape index (κ3) is 7.22. The number of benzene rings is 1. The molecular weight excluding hydrogens is 316 g/mol. The van der Waals surface area contributed by atoms with E-state index in [1.165, 1.54) is 0 Å². The van der Waals surface area contributed by atoms with Crippen LogP contribution in [0.3, 0.4) is 0 Å². The SMILES string of the molecule is CCOCCNC(=NC)NCc1ccc(OCc2ccccn2)cc1. The van der Waals surface area contributed by atoms with E-state index in [2.05, 4.69) is 20.6 Å². The number of aromatic nitrogens is 1. The van der Waals surface area contributed by atoms with Crippen LogP contribution in [0, 0.1) is 0 Å². The highest BCUT2D eigenvalue weighted by atomic mass is 16.5. The molecule has 0 aliphatic carbocycles. The molecule has 1 heterocycles. The second-order valence-electron chi connectivity index (χ2n) is 5.30. The van der Waals surface area contributed by atoms with Crippen molar-refractivity contribution in [2.75, 3.05) is 26.8 Å². The van der Waals surface area contributed by atoms with Gasteiger partial charge in [0.15, 0.2) is 5.96 Å². The number of guanidine groups is 1. The fourth-order valence-corrected chi connectivity index (χ4v) is 2.14. The highest BCUT2D eigenvalue weighted by Crippen LogP contribution is 2.13. The van der Waals surface area contributed by atoms with Gasteiger partial charge in [0.1, 0.15) is 12.4 Å². The standard InChI is InChI=1S/C19H26N4O2/c1-3-24-13-12-22-19(20-2)23-14-16-7-9-18(10-8-16)25-15-17-6-4-5-11-21-17/h4-11H,3,12-15H2,1-2H3,(H2,20,22,23). The van der Waals surface area contributed by atoms with Crippen LogP contribution in [0.25, 0.3) is 0 Å². The van der Waals surface area contributed by atoms with Crippen molar-refractivity contribution in [2.24, 2.45) is 4.99 Å². The first-order valence-corrected chi connectivity index (χ1v) is 8.45. The average Bonchev–Trinajstić information content (AvgIpc) is 2.67. The van der Waals surface area contributed by atoms with Gasteiger partial charge in [-0.1, -0.05) is 18.2 Å². The largest absolute Gasteiger partial charge is 0.487 e. The molecular formula is C19H26N4O2. The lowest BCUT2D eigenvalue weighted by atomic mass is 10.2. The molecule has 0 saturated carbocycles. The lowest BCUT2D eigenvalue weighted by molar-refractivity contribution is 0.152. The van der Waals surface area contributed by atoms with Gasteiger partial charge < -0.3 is 20.1 Å². The normalized spacial score (nSPS) is 11.2. The van der Waals surface area contributed by atoms with Crippen LogP contribution < -0.4 is 15.4 Å². The summed E-state index contributed by atoms with van der Waals surface area (Å²) < 4.78 is 11.0. The van der Waals surface area contributed by atoms with Crippen LogP contribution in [0.4, 0.5) is 0 Å². The smallest absolute Gasteiger partial charge is 0.191 e. The van der Waals surface area contributed by atoms with E-state index in [0.717, 1.165) is 36.1 Å². The van der Waals surface area contributed by atoms with Crippen molar-refractivity contribution in [3.63, 3.8) is 0 Å². The zero-order chi connectivity index (χ0) is 17.7. The molecule has 2 aromatic rings. The van der Waals surface area contributed by atoms with E-state index in [9.17, 15) is 0 Å². The van der Waals surface area contributed by atoms with Crippen LogP contribution in [0.2, 0.25) is 0 Å². The molecule has 0 atom stereocenters. The lowest BCUT2D eigenvalue weighted by Gasteiger charge is -2.12. The summed E-state index contributed by atoms with van der Waals surface area (Å²) in [4.78, 5) is 8.43. The lowest BCUT2D eigenvalue weighted by Crippen LogP contribution is -2.38. The number of nitrogens with one attached hydrogen (secondary N) is 2. The number of aliphatic imine (C=N–C) groups is 1. The number of pyridine rings is 1. The zero-order valence-electron chi connectivity index (χ0n) is 14.9. The van der Waals surface area contributed by atoms with E-state index >= 15 is 0 Å². The molecule has 0 aliphatic rings. The molecule has 0 aliphatic heterocycles. The monoisotopic (exact) mass is 342 g/mol. The van der Waals surface area contributed by atoms with E-state index < -0.39 is 0 Å². The van der Waals surface area contributed by atoms with E-state index in [1.807, 2.05) is 49.4 Å². The molecule has 0 bridgehead atoms. The molecule has 2 N–H and O–H groups in total. The Balaban J connectivity index is 1.74. The molecule has 0 spiro atoms. The molecule has 25 heavy (non-hydrogen) atoms. The first-order chi connectivity index (χ1) is 12.3. The molecule has 1 aromatic heterocycles. The first kappa shape index (κ1) is 18.7. The van der Waals surface area contributed by atoms with Gasteiger partial charge in [-0.2, -0.15) is 0 Å². The summed E-state index contributed by atoms with van der Waals surface area (Å²) in [6.07, 6.45) is 1.77. The van der Waals surface area contributed by atoms with Crippen LogP contribution >= 0.6 is 0 Å². The predicted molar refractivity (Wildman–Crippen MR) is 99.7 cm³/mol. The maximum absolute atomic E-state index is 5.74. The van der Waals surface area contributed by atoms with Gasteiger partial charge >= 0.3 is 0 Å². The molecule has 0 saturated heterocycles. The quantitative estimate of drug-likeness (QED) is 0.416. The molecule has 6 heteroatoms. The van der Waals surface area contributed by atoms with E-state index in [-0.39, 0.29) is 0 Å². The summed E-state index contributed by atoms with van der Waals surface area (Å²) in [5.74, 6) is 1.59. The molecule has 2 rings (SSSR count). The van der Waals surface area contributed by atoms with Gasteiger partial charge in [-0.25, -0.2) is 0 Å². The molecule has 0 amide bonds. The number of hydrogen-bond donors (Lipinski definition) is 2. The molecule has 1 aromatic carbocycles. The van der Waals surface area contributed by atoms with Crippen molar-refractivity contribution in [3.8, 4) is 5.75 Å². The minimum Gasteiger partial charge on any atom is -0.487 e. The molecule has 0 radical (unpaired) electrons. The Morgan fingerprint density at radius 2 is 1.96 bits per heavy atom. The Labute approximate surface area is 149 Å². The minimum absolute atomic E-state index is 0.467. The Kier molecular flexibility index (Phi) is 8.27. The molecule has 134 valence electrons. The molecule has 0 fully saturated rings. The summed E-state index contributed by atoms with van der Waals surface area (Å²) >= 11 is 0. The fraction of sp³-hybridized carbons (Fsp3) is 0.368. The number of rotatable bonds is 9. The van der Waals surface area contributed by atoms with Crippen molar-refractivity contribution in [3.05, 3.63) is 59.9 Å². The van der Waals surface area contributed by atoms with Crippen LogP contribution in [0.1, 0.15) is 18.2 Å². The van der Waals surface area contributed by atoms with Gasteiger partial charge in [-0.3, -0.25) is 9.98 Å². The average molecular weight is 342 g/mol. The van der Waals surface area contributed by atoms with Gasteiger partial charge in [0.25, 0.3) is 0 Å². The minimum atomic E-state index is 0.467. The Morgan fingerprint density at radius 3 is 2.64 bits per heavy atom. The van der Waals surface area contributed by atoms with Crippen molar-refractivity contribution >= 4 is 5.96 Å². The Morgan fingerprint density at radius 1 is 1.12 bits per heavy atom. The number of ether oxygens (including phenoxy) is 2. The summed E-state index contributed by atoms with van der Waals surface area (Å²) in [6, 6.07) is 13.8. The van der Waals surface area contributed by atoms with Crippen LogP contribution in [0.5, 0.6) is 5.75 Å². The van der Waals surface area contributed by atoms with Crippen LogP contribution in [-0.2, 0) is 17.9 Å². The first-order valence-electron chi connectivity index (χ1n) is 8.45. The molecule has 6 nitrogen and oxygen atoms in total. The maximum Gasteiger partial charge on any atom is 0.191 e. The van der Waals surface area contributed by atoms with Gasteiger partial charge in [0, 0.05) is 32.9 Å². The predicted octanol–water partition coefficient (Wildman–Crippen LogP) is 2.36. The topological polar surface area (TPSA) is 67.8 Å². The summed E-state index contributed by atoms with van der Waals surface area (Å²) in [5, 5.41) is 6.48. The Bertz CT molecular complexity index is 630. The third-order valence-electron chi connectivity index (χ3n) is 3.46.